The molecule has 0 unspecified atom stereocenters. The van der Waals surface area contributed by atoms with E-state index in [0.717, 1.165) is 5.56 Å². The third-order valence-electron chi connectivity index (χ3n) is 4.21. The van der Waals surface area contributed by atoms with E-state index in [1.807, 2.05) is 0 Å². The van der Waals surface area contributed by atoms with Crippen LogP contribution in [-0.2, 0) is 4.74 Å². The first-order valence-corrected chi connectivity index (χ1v) is 8.27. The second-order valence-corrected chi connectivity index (χ2v) is 5.99. The molecule has 2 aromatic carbocycles. The summed E-state index contributed by atoms with van der Waals surface area (Å²) in [5.41, 5.74) is 2.67. The van der Waals surface area contributed by atoms with Gasteiger partial charge < -0.3 is 10.1 Å². The molecule has 1 aromatic heterocycles. The van der Waals surface area contributed by atoms with Gasteiger partial charge in [0.25, 0.3) is 5.91 Å². The van der Waals surface area contributed by atoms with E-state index in [-0.39, 0.29) is 23.3 Å². The number of nitrogens with zero attached hydrogens (tertiary/aromatic N) is 1. The SMILES string of the molecule is COC(=O)c1cc(C(=O)N[C@H](C)c2ccc(F)cc2)ccc1-c1cn[nH]c1. The molecule has 0 fully saturated rings. The summed E-state index contributed by atoms with van der Waals surface area (Å²) in [5.74, 6) is -1.24. The van der Waals surface area contributed by atoms with Gasteiger partial charge in [0, 0.05) is 17.3 Å². The molecule has 138 valence electrons. The number of benzene rings is 2. The van der Waals surface area contributed by atoms with Crippen molar-refractivity contribution in [1.82, 2.24) is 15.5 Å². The van der Waals surface area contributed by atoms with Crippen LogP contribution in [0.3, 0.4) is 0 Å². The first kappa shape index (κ1) is 18.3. The Morgan fingerprint density at radius 3 is 2.56 bits per heavy atom. The molecule has 0 bridgehead atoms. The lowest BCUT2D eigenvalue weighted by Crippen LogP contribution is -2.27. The molecule has 3 rings (SSSR count). The van der Waals surface area contributed by atoms with Gasteiger partial charge in [0.05, 0.1) is 24.9 Å². The van der Waals surface area contributed by atoms with Gasteiger partial charge in [-0.15, -0.1) is 0 Å². The fourth-order valence-corrected chi connectivity index (χ4v) is 2.73. The van der Waals surface area contributed by atoms with Crippen LogP contribution >= 0.6 is 0 Å². The van der Waals surface area contributed by atoms with E-state index in [1.165, 1.54) is 25.3 Å². The molecule has 0 aliphatic carbocycles. The second kappa shape index (κ2) is 7.82. The van der Waals surface area contributed by atoms with Crippen molar-refractivity contribution in [3.8, 4) is 11.1 Å². The molecule has 1 amide bonds. The number of carbonyl (C=O) groups excluding carboxylic acids is 2. The maximum atomic E-state index is 13.0. The van der Waals surface area contributed by atoms with Crippen LogP contribution in [0, 0.1) is 5.82 Å². The van der Waals surface area contributed by atoms with Gasteiger partial charge in [-0.25, -0.2) is 9.18 Å². The highest BCUT2D eigenvalue weighted by molar-refractivity contribution is 6.02. The monoisotopic (exact) mass is 367 g/mol. The number of esters is 1. The number of aromatic nitrogens is 2. The summed E-state index contributed by atoms with van der Waals surface area (Å²) in [6, 6.07) is 10.4. The number of halogens is 1. The number of rotatable bonds is 5. The number of hydrogen-bond donors (Lipinski definition) is 2. The highest BCUT2D eigenvalue weighted by atomic mass is 19.1. The van der Waals surface area contributed by atoms with Crippen LogP contribution in [-0.4, -0.2) is 29.2 Å². The van der Waals surface area contributed by atoms with Gasteiger partial charge in [0.1, 0.15) is 5.82 Å². The van der Waals surface area contributed by atoms with Crippen LogP contribution < -0.4 is 5.32 Å². The Bertz CT molecular complexity index is 953. The summed E-state index contributed by atoms with van der Waals surface area (Å²) >= 11 is 0. The zero-order valence-electron chi connectivity index (χ0n) is 14.8. The quantitative estimate of drug-likeness (QED) is 0.676. The number of methoxy groups -OCH3 is 1. The third-order valence-corrected chi connectivity index (χ3v) is 4.21. The van der Waals surface area contributed by atoms with Crippen LogP contribution in [0.25, 0.3) is 11.1 Å². The minimum atomic E-state index is -0.549. The van der Waals surface area contributed by atoms with Crippen molar-refractivity contribution >= 4 is 11.9 Å². The lowest BCUT2D eigenvalue weighted by Gasteiger charge is -2.15. The van der Waals surface area contributed by atoms with E-state index in [0.29, 0.717) is 16.7 Å². The average molecular weight is 367 g/mol. The summed E-state index contributed by atoms with van der Waals surface area (Å²) in [7, 11) is 1.28. The zero-order chi connectivity index (χ0) is 19.4. The van der Waals surface area contributed by atoms with Crippen LogP contribution in [0.4, 0.5) is 4.39 Å². The Kier molecular flexibility index (Phi) is 5.30. The molecule has 0 aliphatic heterocycles. The van der Waals surface area contributed by atoms with Crippen LogP contribution in [0.15, 0.2) is 54.9 Å². The van der Waals surface area contributed by atoms with Crippen LogP contribution in [0.1, 0.15) is 39.2 Å². The molecule has 3 aromatic rings. The molecule has 27 heavy (non-hydrogen) atoms. The fraction of sp³-hybridized carbons (Fsp3) is 0.150. The first-order valence-electron chi connectivity index (χ1n) is 8.27. The molecule has 0 aliphatic rings. The molecule has 7 heteroatoms. The molecular formula is C20H18FN3O3. The van der Waals surface area contributed by atoms with Crippen molar-refractivity contribution in [3.63, 3.8) is 0 Å². The van der Waals surface area contributed by atoms with Gasteiger partial charge in [-0.3, -0.25) is 9.89 Å². The largest absolute Gasteiger partial charge is 0.465 e. The number of aromatic amines is 1. The minimum Gasteiger partial charge on any atom is -0.465 e. The van der Waals surface area contributed by atoms with Crippen LogP contribution in [0.2, 0.25) is 0 Å². The smallest absolute Gasteiger partial charge is 0.338 e. The number of nitrogens with one attached hydrogen (secondary N) is 2. The van der Waals surface area contributed by atoms with E-state index < -0.39 is 5.97 Å². The van der Waals surface area contributed by atoms with E-state index in [1.54, 1.807) is 43.6 Å². The van der Waals surface area contributed by atoms with Gasteiger partial charge in [0.2, 0.25) is 0 Å². The number of ether oxygens (including phenoxy) is 1. The third kappa shape index (κ3) is 4.03. The molecule has 2 N–H and O–H groups in total. The number of hydrogen-bond acceptors (Lipinski definition) is 4. The van der Waals surface area contributed by atoms with Gasteiger partial charge in [-0.2, -0.15) is 5.10 Å². The number of amides is 1. The normalized spacial score (nSPS) is 11.7. The predicted molar refractivity (Wildman–Crippen MR) is 97.6 cm³/mol. The van der Waals surface area contributed by atoms with Crippen molar-refractivity contribution in [2.45, 2.75) is 13.0 Å². The average Bonchev–Trinajstić information content (AvgIpc) is 3.22. The van der Waals surface area contributed by atoms with Crippen molar-refractivity contribution in [2.75, 3.05) is 7.11 Å². The van der Waals surface area contributed by atoms with Gasteiger partial charge >= 0.3 is 5.97 Å². The standard InChI is InChI=1S/C20H18FN3O3/c1-12(13-3-6-16(21)7-4-13)24-19(25)14-5-8-17(15-10-22-23-11-15)18(9-14)20(26)27-2/h3-12H,1-2H3,(H,22,23)(H,24,25)/t12-/m1/s1. The lowest BCUT2D eigenvalue weighted by molar-refractivity contribution is 0.0601. The molecule has 0 saturated carbocycles. The van der Waals surface area contributed by atoms with E-state index in [2.05, 4.69) is 15.5 Å². The summed E-state index contributed by atoms with van der Waals surface area (Å²) in [5, 5.41) is 9.41. The van der Waals surface area contributed by atoms with E-state index >= 15 is 0 Å². The maximum Gasteiger partial charge on any atom is 0.338 e. The molecule has 1 heterocycles. The summed E-state index contributed by atoms with van der Waals surface area (Å²) in [6.45, 7) is 1.80. The molecule has 6 nitrogen and oxygen atoms in total. The van der Waals surface area contributed by atoms with Crippen molar-refractivity contribution < 1.29 is 18.7 Å². The molecule has 1 atom stereocenters. The van der Waals surface area contributed by atoms with E-state index in [4.69, 9.17) is 4.74 Å². The van der Waals surface area contributed by atoms with Crippen molar-refractivity contribution in [2.24, 2.45) is 0 Å². The highest BCUT2D eigenvalue weighted by Gasteiger charge is 2.18. The number of H-pyrrole nitrogens is 1. The van der Waals surface area contributed by atoms with E-state index in [9.17, 15) is 14.0 Å². The molecular weight excluding hydrogens is 349 g/mol. The Labute approximate surface area is 155 Å². The lowest BCUT2D eigenvalue weighted by atomic mass is 9.99. The fourth-order valence-electron chi connectivity index (χ4n) is 2.73. The Morgan fingerprint density at radius 2 is 1.93 bits per heavy atom. The van der Waals surface area contributed by atoms with Gasteiger partial charge in [-0.1, -0.05) is 18.2 Å². The summed E-state index contributed by atoms with van der Waals surface area (Å²) < 4.78 is 17.9. The topological polar surface area (TPSA) is 84.1 Å². The molecule has 0 spiro atoms. The molecule has 0 saturated heterocycles. The van der Waals surface area contributed by atoms with Gasteiger partial charge in [0.15, 0.2) is 0 Å². The molecule has 0 radical (unpaired) electrons. The first-order chi connectivity index (χ1) is 13.0. The second-order valence-electron chi connectivity index (χ2n) is 5.99. The van der Waals surface area contributed by atoms with Gasteiger partial charge in [-0.05, 0) is 42.3 Å². The maximum absolute atomic E-state index is 13.0. The Morgan fingerprint density at radius 1 is 1.19 bits per heavy atom. The highest BCUT2D eigenvalue weighted by Crippen LogP contribution is 2.25. The number of carbonyl (C=O) groups is 2. The summed E-state index contributed by atoms with van der Waals surface area (Å²) in [6.07, 6.45) is 3.23. The Balaban J connectivity index is 1.86. The minimum absolute atomic E-state index is 0.265. The predicted octanol–water partition coefficient (Wildman–Crippen LogP) is 3.49. The Hall–Kier alpha value is -3.48. The van der Waals surface area contributed by atoms with Crippen LogP contribution in [0.5, 0.6) is 0 Å². The zero-order valence-corrected chi connectivity index (χ0v) is 14.8. The summed E-state index contributed by atoms with van der Waals surface area (Å²) in [4.78, 5) is 24.8. The van der Waals surface area contributed by atoms with Crippen molar-refractivity contribution in [3.05, 3.63) is 77.4 Å². The van der Waals surface area contributed by atoms with Crippen molar-refractivity contribution in [1.29, 1.82) is 0 Å².